The molecule has 0 atom stereocenters. The molecule has 2 aromatic carbocycles. The van der Waals surface area contributed by atoms with Crippen LogP contribution in [0.25, 0.3) is 5.69 Å². The lowest BCUT2D eigenvalue weighted by atomic mass is 10.2. The van der Waals surface area contributed by atoms with Gasteiger partial charge in [-0.2, -0.15) is 10.2 Å². The largest absolute Gasteiger partial charge is 0.319 e. The smallest absolute Gasteiger partial charge is 0.259 e. The summed E-state index contributed by atoms with van der Waals surface area (Å²) in [4.78, 5) is 12.9. The number of hydrogen-bond acceptors (Lipinski definition) is 3. The number of carbonyl (C=O) groups excluding carboxylic acids is 1. The minimum atomic E-state index is -0.184. The van der Waals surface area contributed by atoms with Gasteiger partial charge in [-0.3, -0.25) is 9.48 Å². The van der Waals surface area contributed by atoms with Crippen LogP contribution < -0.4 is 5.32 Å². The zero-order valence-corrected chi connectivity index (χ0v) is 15.8. The summed E-state index contributed by atoms with van der Waals surface area (Å²) < 4.78 is 3.60. The first-order chi connectivity index (χ1) is 13.6. The van der Waals surface area contributed by atoms with Gasteiger partial charge in [-0.15, -0.1) is 0 Å². The number of hydrogen-bond donors (Lipinski definition) is 1. The Kier molecular flexibility index (Phi) is 4.76. The first kappa shape index (κ1) is 17.7. The van der Waals surface area contributed by atoms with Crippen LogP contribution in [0.4, 0.5) is 5.69 Å². The molecule has 6 heteroatoms. The summed E-state index contributed by atoms with van der Waals surface area (Å²) in [6.45, 7) is 4.40. The summed E-state index contributed by atoms with van der Waals surface area (Å²) in [6.07, 6.45) is 3.49. The van der Waals surface area contributed by atoms with Gasteiger partial charge in [0.25, 0.3) is 5.91 Å². The van der Waals surface area contributed by atoms with Gasteiger partial charge in [0.2, 0.25) is 0 Å². The predicted molar refractivity (Wildman–Crippen MR) is 109 cm³/mol. The van der Waals surface area contributed by atoms with Crippen LogP contribution in [0.2, 0.25) is 0 Å². The van der Waals surface area contributed by atoms with E-state index in [0.717, 1.165) is 16.9 Å². The molecule has 1 amide bonds. The molecule has 6 nitrogen and oxygen atoms in total. The molecule has 28 heavy (non-hydrogen) atoms. The van der Waals surface area contributed by atoms with Gasteiger partial charge in [-0.1, -0.05) is 48.5 Å². The van der Waals surface area contributed by atoms with Crippen molar-refractivity contribution in [2.45, 2.75) is 20.4 Å². The summed E-state index contributed by atoms with van der Waals surface area (Å²) in [5.74, 6) is -0.184. The standard InChI is InChI=1S/C22H21N5O/c1-16-21(17(2)27(25-16)20-11-7-4-8-12-20)22(28)24-19-13-23-26(15-19)14-18-9-5-3-6-10-18/h3-13,15H,14H2,1-2H3,(H,24,28). The topological polar surface area (TPSA) is 64.7 Å². The molecule has 0 aliphatic heterocycles. The molecule has 0 aliphatic carbocycles. The number of benzene rings is 2. The van der Waals surface area contributed by atoms with Gasteiger partial charge in [0.05, 0.1) is 41.1 Å². The average molecular weight is 371 g/mol. The molecule has 0 saturated carbocycles. The van der Waals surface area contributed by atoms with Gasteiger partial charge in [0, 0.05) is 6.20 Å². The molecule has 140 valence electrons. The molecule has 0 aliphatic rings. The molecule has 2 aromatic heterocycles. The lowest BCUT2D eigenvalue weighted by molar-refractivity contribution is 0.102. The summed E-state index contributed by atoms with van der Waals surface area (Å²) >= 11 is 0. The highest BCUT2D eigenvalue weighted by Gasteiger charge is 2.20. The SMILES string of the molecule is Cc1nn(-c2ccccc2)c(C)c1C(=O)Nc1cnn(Cc2ccccc2)c1. The second-order valence-corrected chi connectivity index (χ2v) is 6.66. The number of para-hydroxylation sites is 1. The van der Waals surface area contributed by atoms with Crippen LogP contribution in [-0.2, 0) is 6.54 Å². The third-order valence-corrected chi connectivity index (χ3v) is 4.60. The maximum absolute atomic E-state index is 12.9. The summed E-state index contributed by atoms with van der Waals surface area (Å²) in [6, 6.07) is 19.9. The van der Waals surface area contributed by atoms with E-state index >= 15 is 0 Å². The van der Waals surface area contributed by atoms with Gasteiger partial charge < -0.3 is 5.32 Å². The van der Waals surface area contributed by atoms with E-state index in [1.807, 2.05) is 80.7 Å². The number of aromatic nitrogens is 4. The average Bonchev–Trinajstić information content (AvgIpc) is 3.26. The van der Waals surface area contributed by atoms with Gasteiger partial charge in [0.15, 0.2) is 0 Å². The van der Waals surface area contributed by atoms with Crippen LogP contribution in [0.1, 0.15) is 27.3 Å². The van der Waals surface area contributed by atoms with Crippen molar-refractivity contribution < 1.29 is 4.79 Å². The Morgan fingerprint density at radius 2 is 1.68 bits per heavy atom. The quantitative estimate of drug-likeness (QED) is 0.577. The minimum Gasteiger partial charge on any atom is -0.319 e. The Hall–Kier alpha value is -3.67. The molecular formula is C22H21N5O. The Morgan fingerprint density at radius 1 is 1.00 bits per heavy atom. The first-order valence-corrected chi connectivity index (χ1v) is 9.11. The van der Waals surface area contributed by atoms with Gasteiger partial charge >= 0.3 is 0 Å². The monoisotopic (exact) mass is 371 g/mol. The first-order valence-electron chi connectivity index (χ1n) is 9.11. The van der Waals surface area contributed by atoms with E-state index < -0.39 is 0 Å². The van der Waals surface area contributed by atoms with Crippen molar-refractivity contribution in [2.24, 2.45) is 0 Å². The van der Waals surface area contributed by atoms with Crippen LogP contribution >= 0.6 is 0 Å². The van der Waals surface area contributed by atoms with E-state index in [9.17, 15) is 4.79 Å². The Labute approximate surface area is 163 Å². The minimum absolute atomic E-state index is 0.184. The number of carbonyl (C=O) groups is 1. The molecule has 4 aromatic rings. The molecule has 4 rings (SSSR count). The second kappa shape index (κ2) is 7.52. The fourth-order valence-electron chi connectivity index (χ4n) is 3.27. The predicted octanol–water partition coefficient (Wildman–Crippen LogP) is 3.99. The lowest BCUT2D eigenvalue weighted by Gasteiger charge is -2.05. The highest BCUT2D eigenvalue weighted by atomic mass is 16.1. The zero-order chi connectivity index (χ0) is 19.5. The van der Waals surface area contributed by atoms with Gasteiger partial charge in [-0.25, -0.2) is 4.68 Å². The van der Waals surface area contributed by atoms with Crippen molar-refractivity contribution in [3.05, 3.63) is 95.6 Å². The van der Waals surface area contributed by atoms with Crippen molar-refractivity contribution >= 4 is 11.6 Å². The Morgan fingerprint density at radius 3 is 2.39 bits per heavy atom. The highest BCUT2D eigenvalue weighted by molar-refractivity contribution is 6.05. The van der Waals surface area contributed by atoms with Crippen molar-refractivity contribution in [1.82, 2.24) is 19.6 Å². The summed E-state index contributed by atoms with van der Waals surface area (Å²) in [7, 11) is 0. The molecule has 0 bridgehead atoms. The number of anilines is 1. The molecule has 0 spiro atoms. The van der Waals surface area contributed by atoms with Crippen LogP contribution in [0.3, 0.4) is 0 Å². The highest BCUT2D eigenvalue weighted by Crippen LogP contribution is 2.19. The summed E-state index contributed by atoms with van der Waals surface area (Å²) in [5.41, 5.74) is 4.82. The lowest BCUT2D eigenvalue weighted by Crippen LogP contribution is -2.13. The van der Waals surface area contributed by atoms with Crippen LogP contribution in [0.5, 0.6) is 0 Å². The second-order valence-electron chi connectivity index (χ2n) is 6.66. The number of aryl methyl sites for hydroxylation is 1. The van der Waals surface area contributed by atoms with E-state index in [-0.39, 0.29) is 5.91 Å². The van der Waals surface area contributed by atoms with Crippen molar-refractivity contribution in [3.8, 4) is 5.69 Å². The Balaban J connectivity index is 1.52. The zero-order valence-electron chi connectivity index (χ0n) is 15.8. The fraction of sp³-hybridized carbons (Fsp3) is 0.136. The van der Waals surface area contributed by atoms with Gasteiger partial charge in [-0.05, 0) is 31.5 Å². The van der Waals surface area contributed by atoms with Gasteiger partial charge in [0.1, 0.15) is 0 Å². The molecule has 0 saturated heterocycles. The number of rotatable bonds is 5. The molecule has 1 N–H and O–H groups in total. The van der Waals surface area contributed by atoms with E-state index in [1.54, 1.807) is 15.6 Å². The molecule has 0 radical (unpaired) electrons. The van der Waals surface area contributed by atoms with Crippen molar-refractivity contribution in [2.75, 3.05) is 5.32 Å². The fourth-order valence-corrected chi connectivity index (χ4v) is 3.27. The van der Waals surface area contributed by atoms with E-state index in [2.05, 4.69) is 15.5 Å². The van der Waals surface area contributed by atoms with E-state index in [1.165, 1.54) is 0 Å². The van der Waals surface area contributed by atoms with E-state index in [4.69, 9.17) is 0 Å². The maximum Gasteiger partial charge on any atom is 0.259 e. The number of nitrogens with zero attached hydrogens (tertiary/aromatic N) is 4. The maximum atomic E-state index is 12.9. The number of amides is 1. The summed E-state index contributed by atoms with van der Waals surface area (Å²) in [5, 5.41) is 11.8. The normalized spacial score (nSPS) is 10.8. The molecule has 2 heterocycles. The Bertz CT molecular complexity index is 1100. The van der Waals surface area contributed by atoms with Crippen molar-refractivity contribution in [3.63, 3.8) is 0 Å². The third kappa shape index (κ3) is 3.57. The third-order valence-electron chi connectivity index (χ3n) is 4.60. The molecule has 0 unspecified atom stereocenters. The van der Waals surface area contributed by atoms with E-state index in [0.29, 0.717) is 23.5 Å². The van der Waals surface area contributed by atoms with Crippen molar-refractivity contribution in [1.29, 1.82) is 0 Å². The van der Waals surface area contributed by atoms with Crippen LogP contribution in [0, 0.1) is 13.8 Å². The number of nitrogens with one attached hydrogen (secondary N) is 1. The molecule has 0 fully saturated rings. The van der Waals surface area contributed by atoms with Crippen LogP contribution in [-0.4, -0.2) is 25.5 Å². The van der Waals surface area contributed by atoms with Crippen LogP contribution in [0.15, 0.2) is 73.1 Å². The molecular weight excluding hydrogens is 350 g/mol.